The van der Waals surface area contributed by atoms with E-state index >= 15 is 4.39 Å². The Morgan fingerprint density at radius 3 is 2.68 bits per heavy atom. The van der Waals surface area contributed by atoms with E-state index in [9.17, 15) is 10.1 Å². The Hall–Kier alpha value is -3.66. The first-order valence-corrected chi connectivity index (χ1v) is 11.6. The number of hydrogen-bond donors (Lipinski definition) is 1. The molecule has 0 aromatic heterocycles. The number of hydrazone groups is 1. The Morgan fingerprint density at radius 2 is 2.06 bits per heavy atom. The Bertz CT molecular complexity index is 1180. The quantitative estimate of drug-likeness (QED) is 0.509. The molecule has 34 heavy (non-hydrogen) atoms. The van der Waals surface area contributed by atoms with Crippen molar-refractivity contribution in [3.63, 3.8) is 0 Å². The van der Waals surface area contributed by atoms with Gasteiger partial charge in [0.25, 0.3) is 5.91 Å². The van der Waals surface area contributed by atoms with Crippen molar-refractivity contribution in [1.29, 1.82) is 5.26 Å². The number of halogens is 1. The summed E-state index contributed by atoms with van der Waals surface area (Å²) in [5, 5.41) is 18.3. The predicted octanol–water partition coefficient (Wildman–Crippen LogP) is 6.18. The van der Waals surface area contributed by atoms with Crippen LogP contribution in [0.2, 0.25) is 0 Å². The highest BCUT2D eigenvalue weighted by Gasteiger charge is 2.28. The number of nitriles is 1. The summed E-state index contributed by atoms with van der Waals surface area (Å²) in [5.74, 6) is 0.653. The van der Waals surface area contributed by atoms with E-state index in [0.29, 0.717) is 35.8 Å². The van der Waals surface area contributed by atoms with Gasteiger partial charge in [-0.25, -0.2) is 9.40 Å². The average Bonchev–Trinajstić information content (AvgIpc) is 3.09. The third-order valence-electron chi connectivity index (χ3n) is 6.18. The molecule has 178 valence electrons. The lowest BCUT2D eigenvalue weighted by atomic mass is 9.92. The highest BCUT2D eigenvalue weighted by atomic mass is 19.1. The summed E-state index contributed by atoms with van der Waals surface area (Å²) < 4.78 is 15.4. The standard InChI is InChI=1S/C27H32FN5O/c1-7-10-17(3)13-21-14-24(33-19(5)32(6)25(8-2)31-33)23(28)15-22(21)27(34)30-26-18(4)11-9-12-20(26)16-29/h9,11-12,14-15,17H,5,7-8,10,13H2,1-4,6H3,(H,30,34). The summed E-state index contributed by atoms with van der Waals surface area (Å²) in [4.78, 5) is 15.2. The Labute approximate surface area is 201 Å². The van der Waals surface area contributed by atoms with E-state index in [2.05, 4.69) is 36.9 Å². The van der Waals surface area contributed by atoms with Gasteiger partial charge in [0, 0.05) is 19.0 Å². The fourth-order valence-corrected chi connectivity index (χ4v) is 4.26. The third kappa shape index (κ3) is 4.96. The van der Waals surface area contributed by atoms with Crippen LogP contribution in [-0.4, -0.2) is 23.7 Å². The number of para-hydroxylation sites is 1. The van der Waals surface area contributed by atoms with Crippen LogP contribution in [0.4, 0.5) is 15.8 Å². The Kier molecular flexibility index (Phi) is 7.72. The molecule has 0 saturated carbocycles. The number of amides is 1. The molecular formula is C27H32FN5O. The topological polar surface area (TPSA) is 71.7 Å². The lowest BCUT2D eigenvalue weighted by molar-refractivity contribution is 0.102. The van der Waals surface area contributed by atoms with Gasteiger partial charge < -0.3 is 10.2 Å². The van der Waals surface area contributed by atoms with Crippen LogP contribution in [0, 0.1) is 30.0 Å². The second-order valence-corrected chi connectivity index (χ2v) is 8.78. The van der Waals surface area contributed by atoms with E-state index < -0.39 is 11.7 Å². The summed E-state index contributed by atoms with van der Waals surface area (Å²) >= 11 is 0. The number of nitrogens with one attached hydrogen (secondary N) is 1. The molecule has 1 N–H and O–H groups in total. The number of amidine groups is 1. The largest absolute Gasteiger partial charge is 0.321 e. The SMILES string of the molecule is C=C1N(C)C(CC)=NN1c1cc(CC(C)CCC)c(C(=O)Nc2c(C)cccc2C#N)cc1F. The van der Waals surface area contributed by atoms with Gasteiger partial charge >= 0.3 is 0 Å². The fraction of sp³-hybridized carbons (Fsp3) is 0.370. The zero-order valence-corrected chi connectivity index (χ0v) is 20.6. The van der Waals surface area contributed by atoms with Crippen LogP contribution < -0.4 is 10.3 Å². The van der Waals surface area contributed by atoms with Crippen molar-refractivity contribution in [3.8, 4) is 6.07 Å². The van der Waals surface area contributed by atoms with E-state index in [-0.39, 0.29) is 11.3 Å². The lowest BCUT2D eigenvalue weighted by Gasteiger charge is -2.22. The van der Waals surface area contributed by atoms with Crippen molar-refractivity contribution in [2.45, 2.75) is 53.4 Å². The molecule has 1 aliphatic rings. The molecule has 2 aromatic rings. The summed E-state index contributed by atoms with van der Waals surface area (Å²) in [6.07, 6.45) is 3.31. The van der Waals surface area contributed by atoms with Crippen molar-refractivity contribution in [2.75, 3.05) is 17.4 Å². The molecule has 0 aliphatic carbocycles. The molecule has 6 nitrogen and oxygen atoms in total. The van der Waals surface area contributed by atoms with Gasteiger partial charge in [-0.15, -0.1) is 0 Å². The maximum Gasteiger partial charge on any atom is 0.256 e. The van der Waals surface area contributed by atoms with Crippen LogP contribution in [0.3, 0.4) is 0 Å². The predicted molar refractivity (Wildman–Crippen MR) is 135 cm³/mol. The van der Waals surface area contributed by atoms with E-state index in [1.807, 2.05) is 31.9 Å². The normalized spacial score (nSPS) is 14.1. The van der Waals surface area contributed by atoms with Gasteiger partial charge in [-0.2, -0.15) is 10.4 Å². The summed E-state index contributed by atoms with van der Waals surface area (Å²) in [6, 6.07) is 10.3. The molecule has 3 rings (SSSR count). The molecule has 7 heteroatoms. The van der Waals surface area contributed by atoms with E-state index in [1.54, 1.807) is 18.2 Å². The van der Waals surface area contributed by atoms with Crippen LogP contribution >= 0.6 is 0 Å². The van der Waals surface area contributed by atoms with E-state index in [4.69, 9.17) is 0 Å². The first-order valence-electron chi connectivity index (χ1n) is 11.6. The van der Waals surface area contributed by atoms with Crippen LogP contribution in [0.15, 0.2) is 47.8 Å². The average molecular weight is 462 g/mol. The molecule has 0 bridgehead atoms. The molecule has 2 aromatic carbocycles. The minimum absolute atomic E-state index is 0.259. The fourth-order valence-electron chi connectivity index (χ4n) is 4.26. The summed E-state index contributed by atoms with van der Waals surface area (Å²) in [5.41, 5.74) is 2.84. The van der Waals surface area contributed by atoms with Gasteiger partial charge in [0.2, 0.25) is 0 Å². The van der Waals surface area contributed by atoms with Gasteiger partial charge in [-0.05, 0) is 48.6 Å². The number of anilines is 2. The molecule has 1 atom stereocenters. The minimum Gasteiger partial charge on any atom is -0.321 e. The summed E-state index contributed by atoms with van der Waals surface area (Å²) in [7, 11) is 1.85. The smallest absolute Gasteiger partial charge is 0.256 e. The maximum atomic E-state index is 15.4. The molecule has 0 fully saturated rings. The molecule has 0 radical (unpaired) electrons. The molecule has 0 saturated heterocycles. The maximum absolute atomic E-state index is 15.4. The number of aryl methyl sites for hydroxylation is 1. The second-order valence-electron chi connectivity index (χ2n) is 8.78. The van der Waals surface area contributed by atoms with Gasteiger partial charge in [-0.1, -0.05) is 52.3 Å². The first-order chi connectivity index (χ1) is 16.2. The van der Waals surface area contributed by atoms with Crippen molar-refractivity contribution in [1.82, 2.24) is 4.90 Å². The van der Waals surface area contributed by atoms with Crippen LogP contribution in [-0.2, 0) is 6.42 Å². The number of carbonyl (C=O) groups excluding carboxylic acids is 1. The molecule has 1 heterocycles. The Morgan fingerprint density at radius 1 is 1.32 bits per heavy atom. The van der Waals surface area contributed by atoms with Gasteiger partial charge in [0.1, 0.15) is 29.2 Å². The van der Waals surface area contributed by atoms with Gasteiger partial charge in [0.05, 0.1) is 11.3 Å². The zero-order valence-electron chi connectivity index (χ0n) is 20.6. The van der Waals surface area contributed by atoms with Crippen LogP contribution in [0.5, 0.6) is 0 Å². The van der Waals surface area contributed by atoms with E-state index in [1.165, 1.54) is 11.1 Å². The number of carbonyl (C=O) groups is 1. The monoisotopic (exact) mass is 461 g/mol. The molecular weight excluding hydrogens is 429 g/mol. The van der Waals surface area contributed by atoms with E-state index in [0.717, 1.165) is 29.8 Å². The number of hydrogen-bond acceptors (Lipinski definition) is 5. The number of rotatable bonds is 8. The first kappa shape index (κ1) is 25.0. The van der Waals surface area contributed by atoms with Crippen LogP contribution in [0.1, 0.15) is 67.1 Å². The van der Waals surface area contributed by atoms with Crippen LogP contribution in [0.25, 0.3) is 0 Å². The Balaban J connectivity index is 2.06. The highest BCUT2D eigenvalue weighted by Crippen LogP contribution is 2.33. The molecule has 1 amide bonds. The number of nitrogens with zero attached hydrogens (tertiary/aromatic N) is 4. The van der Waals surface area contributed by atoms with Crippen molar-refractivity contribution in [3.05, 3.63) is 70.8 Å². The highest BCUT2D eigenvalue weighted by molar-refractivity contribution is 6.06. The molecule has 0 spiro atoms. The molecule has 1 unspecified atom stereocenters. The molecule has 1 aliphatic heterocycles. The number of benzene rings is 2. The van der Waals surface area contributed by atoms with Gasteiger partial charge in [-0.3, -0.25) is 4.79 Å². The van der Waals surface area contributed by atoms with Crippen molar-refractivity contribution >= 4 is 23.1 Å². The zero-order chi connectivity index (χ0) is 25.0. The van der Waals surface area contributed by atoms with Crippen molar-refractivity contribution in [2.24, 2.45) is 11.0 Å². The lowest BCUT2D eigenvalue weighted by Crippen LogP contribution is -2.24. The minimum atomic E-state index is -0.557. The summed E-state index contributed by atoms with van der Waals surface area (Å²) in [6.45, 7) is 12.1. The second kappa shape index (κ2) is 10.5. The van der Waals surface area contributed by atoms with Crippen molar-refractivity contribution < 1.29 is 9.18 Å². The third-order valence-corrected chi connectivity index (χ3v) is 6.18. The van der Waals surface area contributed by atoms with Gasteiger partial charge in [0.15, 0.2) is 0 Å².